The Morgan fingerprint density at radius 2 is 1.88 bits per heavy atom. The van der Waals surface area contributed by atoms with Gasteiger partial charge in [-0.3, -0.25) is 9.59 Å². The third kappa shape index (κ3) is 5.50. The Morgan fingerprint density at radius 1 is 1.12 bits per heavy atom. The van der Waals surface area contributed by atoms with Crippen LogP contribution in [0.2, 0.25) is 5.02 Å². The van der Waals surface area contributed by atoms with Crippen LogP contribution >= 0.6 is 11.6 Å². The molecule has 25 heavy (non-hydrogen) atoms. The predicted octanol–water partition coefficient (Wildman–Crippen LogP) is 3.38. The molecule has 5 nitrogen and oxygen atoms in total. The highest BCUT2D eigenvalue weighted by Gasteiger charge is 2.29. The monoisotopic (exact) mass is 358 g/mol. The van der Waals surface area contributed by atoms with E-state index < -0.39 is 0 Å². The van der Waals surface area contributed by atoms with Crippen molar-refractivity contribution in [3.63, 3.8) is 0 Å². The van der Waals surface area contributed by atoms with Gasteiger partial charge in [0.25, 0.3) is 5.91 Å². The zero-order valence-electron chi connectivity index (χ0n) is 13.6. The van der Waals surface area contributed by atoms with Crippen LogP contribution in [0.3, 0.4) is 0 Å². The molecular formula is C19H19ClN2O3. The van der Waals surface area contributed by atoms with Gasteiger partial charge >= 0.3 is 0 Å². The van der Waals surface area contributed by atoms with Crippen LogP contribution < -0.4 is 15.4 Å². The smallest absolute Gasteiger partial charge is 0.258 e. The molecule has 1 aliphatic rings. The molecule has 2 amide bonds. The van der Waals surface area contributed by atoms with Crippen LogP contribution in [0.25, 0.3) is 0 Å². The maximum Gasteiger partial charge on any atom is 0.258 e. The Kier molecular flexibility index (Phi) is 5.56. The quantitative estimate of drug-likeness (QED) is 0.797. The SMILES string of the molecule is O=C(COc1ccc(Cl)cc1)NCc1cccc(NC(=O)C2CC2)c1. The van der Waals surface area contributed by atoms with Crippen molar-refractivity contribution < 1.29 is 14.3 Å². The van der Waals surface area contributed by atoms with Crippen molar-refractivity contribution in [1.82, 2.24) is 5.32 Å². The van der Waals surface area contributed by atoms with Crippen molar-refractivity contribution in [2.45, 2.75) is 19.4 Å². The molecule has 6 heteroatoms. The summed E-state index contributed by atoms with van der Waals surface area (Å²) in [4.78, 5) is 23.7. The molecule has 0 spiro atoms. The van der Waals surface area contributed by atoms with E-state index in [1.54, 1.807) is 24.3 Å². The first-order chi connectivity index (χ1) is 12.1. The molecular weight excluding hydrogens is 340 g/mol. The fourth-order valence-electron chi connectivity index (χ4n) is 2.28. The zero-order valence-corrected chi connectivity index (χ0v) is 14.4. The number of carbonyl (C=O) groups excluding carboxylic acids is 2. The van der Waals surface area contributed by atoms with Gasteiger partial charge in [-0.25, -0.2) is 0 Å². The Balaban J connectivity index is 1.45. The van der Waals surface area contributed by atoms with Crippen molar-refractivity contribution in [3.8, 4) is 5.75 Å². The van der Waals surface area contributed by atoms with Gasteiger partial charge in [0.15, 0.2) is 6.61 Å². The number of benzene rings is 2. The first-order valence-corrected chi connectivity index (χ1v) is 8.53. The number of carbonyl (C=O) groups is 2. The Labute approximate surface area is 151 Å². The van der Waals surface area contributed by atoms with E-state index in [1.807, 2.05) is 24.3 Å². The van der Waals surface area contributed by atoms with E-state index >= 15 is 0 Å². The maximum absolute atomic E-state index is 11.9. The molecule has 1 saturated carbocycles. The molecule has 0 aliphatic heterocycles. The van der Waals surface area contributed by atoms with Crippen LogP contribution in [-0.2, 0) is 16.1 Å². The van der Waals surface area contributed by atoms with Crippen molar-refractivity contribution in [3.05, 3.63) is 59.1 Å². The summed E-state index contributed by atoms with van der Waals surface area (Å²) in [5, 5.41) is 6.31. The van der Waals surface area contributed by atoms with Gasteiger partial charge in [0, 0.05) is 23.2 Å². The summed E-state index contributed by atoms with van der Waals surface area (Å²) in [5.41, 5.74) is 1.66. The highest BCUT2D eigenvalue weighted by Crippen LogP contribution is 2.30. The van der Waals surface area contributed by atoms with Crippen molar-refractivity contribution >= 4 is 29.1 Å². The summed E-state index contributed by atoms with van der Waals surface area (Å²) in [5.74, 6) is 0.595. The van der Waals surface area contributed by atoms with Gasteiger partial charge in [-0.05, 0) is 54.8 Å². The number of halogens is 1. The minimum atomic E-state index is -0.220. The van der Waals surface area contributed by atoms with Crippen molar-refractivity contribution in [2.75, 3.05) is 11.9 Å². The summed E-state index contributed by atoms with van der Waals surface area (Å²) in [6.07, 6.45) is 1.93. The minimum Gasteiger partial charge on any atom is -0.484 e. The van der Waals surface area contributed by atoms with Crippen LogP contribution in [-0.4, -0.2) is 18.4 Å². The number of anilines is 1. The van der Waals surface area contributed by atoms with Gasteiger partial charge in [-0.15, -0.1) is 0 Å². The minimum absolute atomic E-state index is 0.0672. The van der Waals surface area contributed by atoms with Crippen molar-refractivity contribution in [2.24, 2.45) is 5.92 Å². The normalized spacial score (nSPS) is 13.2. The summed E-state index contributed by atoms with van der Waals surface area (Å²) < 4.78 is 5.39. The largest absolute Gasteiger partial charge is 0.484 e. The lowest BCUT2D eigenvalue weighted by atomic mass is 10.2. The average Bonchev–Trinajstić information content (AvgIpc) is 3.45. The standard InChI is InChI=1S/C19H19ClN2O3/c20-15-6-8-17(9-7-15)25-12-18(23)21-11-13-2-1-3-16(10-13)22-19(24)14-4-5-14/h1-3,6-10,14H,4-5,11-12H2,(H,21,23)(H,22,24). The van der Waals surface area contributed by atoms with E-state index in [9.17, 15) is 9.59 Å². The molecule has 2 aromatic rings. The number of rotatable bonds is 7. The summed E-state index contributed by atoms with van der Waals surface area (Å²) >= 11 is 5.80. The second-order valence-corrected chi connectivity index (χ2v) is 6.42. The molecule has 0 heterocycles. The number of hydrogen-bond acceptors (Lipinski definition) is 3. The Hall–Kier alpha value is -2.53. The third-order valence-corrected chi connectivity index (χ3v) is 4.07. The molecule has 0 bridgehead atoms. The topological polar surface area (TPSA) is 67.4 Å². The number of ether oxygens (including phenoxy) is 1. The second-order valence-electron chi connectivity index (χ2n) is 5.98. The second kappa shape index (κ2) is 8.03. The summed E-state index contributed by atoms with van der Waals surface area (Å²) in [6.45, 7) is 0.301. The van der Waals surface area contributed by atoms with Gasteiger partial charge in [0.05, 0.1) is 0 Å². The number of nitrogens with one attached hydrogen (secondary N) is 2. The molecule has 2 N–H and O–H groups in total. The Morgan fingerprint density at radius 3 is 2.60 bits per heavy atom. The van der Waals surface area contributed by atoms with Gasteiger partial charge < -0.3 is 15.4 Å². The first kappa shape index (κ1) is 17.3. The van der Waals surface area contributed by atoms with E-state index in [0.717, 1.165) is 24.1 Å². The molecule has 0 saturated heterocycles. The lowest BCUT2D eigenvalue weighted by Crippen LogP contribution is -2.28. The zero-order chi connectivity index (χ0) is 17.6. The number of hydrogen-bond donors (Lipinski definition) is 2. The molecule has 1 fully saturated rings. The van der Waals surface area contributed by atoms with Gasteiger partial charge in [-0.1, -0.05) is 23.7 Å². The highest BCUT2D eigenvalue weighted by molar-refractivity contribution is 6.30. The average molecular weight is 359 g/mol. The lowest BCUT2D eigenvalue weighted by molar-refractivity contribution is -0.123. The van der Waals surface area contributed by atoms with Crippen LogP contribution in [0.5, 0.6) is 5.75 Å². The van der Waals surface area contributed by atoms with Gasteiger partial charge in [0.1, 0.15) is 5.75 Å². The van der Waals surface area contributed by atoms with E-state index in [2.05, 4.69) is 10.6 Å². The molecule has 1 aliphatic carbocycles. The summed E-state index contributed by atoms with van der Waals surface area (Å²) in [6, 6.07) is 14.3. The lowest BCUT2D eigenvalue weighted by Gasteiger charge is -2.09. The molecule has 0 unspecified atom stereocenters. The molecule has 0 radical (unpaired) electrons. The van der Waals surface area contributed by atoms with Gasteiger partial charge in [0.2, 0.25) is 5.91 Å². The van der Waals surface area contributed by atoms with Gasteiger partial charge in [-0.2, -0.15) is 0 Å². The molecule has 0 aromatic heterocycles. The third-order valence-electron chi connectivity index (χ3n) is 3.82. The fraction of sp³-hybridized carbons (Fsp3) is 0.263. The molecule has 3 rings (SSSR count). The summed E-state index contributed by atoms with van der Waals surface area (Å²) in [7, 11) is 0. The van der Waals surface area contributed by atoms with Crippen LogP contribution in [0.1, 0.15) is 18.4 Å². The van der Waals surface area contributed by atoms with Crippen LogP contribution in [0.15, 0.2) is 48.5 Å². The van der Waals surface area contributed by atoms with E-state index in [-0.39, 0.29) is 24.3 Å². The Bertz CT molecular complexity index is 758. The molecule has 2 aromatic carbocycles. The highest BCUT2D eigenvalue weighted by atomic mass is 35.5. The van der Waals surface area contributed by atoms with E-state index in [0.29, 0.717) is 17.3 Å². The predicted molar refractivity (Wildman–Crippen MR) is 96.6 cm³/mol. The van der Waals surface area contributed by atoms with Crippen LogP contribution in [0.4, 0.5) is 5.69 Å². The molecule has 130 valence electrons. The van der Waals surface area contributed by atoms with Crippen LogP contribution in [0, 0.1) is 5.92 Å². The van der Waals surface area contributed by atoms with E-state index in [4.69, 9.17) is 16.3 Å². The number of amides is 2. The first-order valence-electron chi connectivity index (χ1n) is 8.15. The van der Waals surface area contributed by atoms with E-state index in [1.165, 1.54) is 0 Å². The fourth-order valence-corrected chi connectivity index (χ4v) is 2.41. The van der Waals surface area contributed by atoms with Crippen molar-refractivity contribution in [1.29, 1.82) is 0 Å². The maximum atomic E-state index is 11.9. The molecule has 0 atom stereocenters.